The van der Waals surface area contributed by atoms with Crippen molar-refractivity contribution in [3.8, 4) is 11.4 Å². The second-order valence-corrected chi connectivity index (χ2v) is 3.72. The molecule has 94 valence electrons. The average Bonchev–Trinajstić information content (AvgIpc) is 2.86. The maximum atomic E-state index is 11.6. The number of aliphatic hydroxyl groups excluding tert-OH is 1. The Hall–Kier alpha value is -2.28. The average molecular weight is 248 g/mol. The Balaban J connectivity index is 2.09. The highest BCUT2D eigenvalue weighted by Crippen LogP contribution is 2.13. The largest absolute Gasteiger partial charge is 0.392 e. The second kappa shape index (κ2) is 5.37. The van der Waals surface area contributed by atoms with Crippen LogP contribution in [0.3, 0.4) is 0 Å². The molecule has 0 saturated heterocycles. The monoisotopic (exact) mass is 248 g/mol. The van der Waals surface area contributed by atoms with Gasteiger partial charge in [-0.15, -0.1) is 0 Å². The Morgan fingerprint density at radius 2 is 2.44 bits per heavy atom. The van der Waals surface area contributed by atoms with E-state index in [0.717, 1.165) is 0 Å². The van der Waals surface area contributed by atoms with E-state index < -0.39 is 12.0 Å². The van der Waals surface area contributed by atoms with Crippen molar-refractivity contribution in [2.45, 2.75) is 13.0 Å². The van der Waals surface area contributed by atoms with Gasteiger partial charge in [0, 0.05) is 24.5 Å². The summed E-state index contributed by atoms with van der Waals surface area (Å²) in [5.41, 5.74) is 0.663. The third-order valence-corrected chi connectivity index (χ3v) is 2.10. The molecule has 2 heterocycles. The first-order valence-electron chi connectivity index (χ1n) is 5.37. The van der Waals surface area contributed by atoms with Crippen LogP contribution in [0.2, 0.25) is 0 Å². The zero-order valence-electron chi connectivity index (χ0n) is 9.70. The molecular formula is C11H12N4O3. The smallest absolute Gasteiger partial charge is 0.316 e. The Morgan fingerprint density at radius 3 is 3.11 bits per heavy atom. The highest BCUT2D eigenvalue weighted by Gasteiger charge is 2.16. The molecule has 2 aromatic rings. The number of carbonyl (C=O) groups excluding carboxylic acids is 1. The van der Waals surface area contributed by atoms with E-state index in [1.54, 1.807) is 31.5 Å². The molecule has 0 spiro atoms. The van der Waals surface area contributed by atoms with Crippen molar-refractivity contribution in [1.29, 1.82) is 0 Å². The summed E-state index contributed by atoms with van der Waals surface area (Å²) in [7, 11) is 0. The fraction of sp³-hybridized carbons (Fsp3) is 0.273. The first-order chi connectivity index (χ1) is 8.66. The molecule has 0 aliphatic rings. The van der Waals surface area contributed by atoms with Crippen molar-refractivity contribution in [2.24, 2.45) is 0 Å². The molecule has 1 atom stereocenters. The van der Waals surface area contributed by atoms with E-state index >= 15 is 0 Å². The van der Waals surface area contributed by atoms with E-state index in [4.69, 9.17) is 9.63 Å². The van der Waals surface area contributed by atoms with Gasteiger partial charge in [-0.25, -0.2) is 0 Å². The Kier molecular flexibility index (Phi) is 3.63. The summed E-state index contributed by atoms with van der Waals surface area (Å²) in [6.07, 6.45) is 2.57. The summed E-state index contributed by atoms with van der Waals surface area (Å²) in [5, 5.41) is 15.2. The normalized spacial score (nSPS) is 12.1. The quantitative estimate of drug-likeness (QED) is 0.803. The van der Waals surface area contributed by atoms with Gasteiger partial charge < -0.3 is 14.9 Å². The standard InChI is InChI=1S/C11H12N4O3/c1-7(16)5-13-10(17)11-14-9(15-18-11)8-3-2-4-12-6-8/h2-4,6-7,16H,5H2,1H3,(H,13,17)/t7-/m0/s1. The number of pyridine rings is 1. The van der Waals surface area contributed by atoms with E-state index in [-0.39, 0.29) is 12.4 Å². The Labute approximate surface area is 103 Å². The fourth-order valence-corrected chi connectivity index (χ4v) is 1.24. The van der Waals surface area contributed by atoms with Crippen LogP contribution < -0.4 is 5.32 Å². The van der Waals surface area contributed by atoms with Gasteiger partial charge in [-0.05, 0) is 19.1 Å². The van der Waals surface area contributed by atoms with Crippen LogP contribution in [-0.2, 0) is 0 Å². The predicted octanol–water partition coefficient (Wildman–Crippen LogP) is 0.242. The van der Waals surface area contributed by atoms with Gasteiger partial charge in [-0.2, -0.15) is 4.98 Å². The van der Waals surface area contributed by atoms with E-state index in [1.807, 2.05) is 0 Å². The molecule has 7 nitrogen and oxygen atoms in total. The van der Waals surface area contributed by atoms with E-state index in [0.29, 0.717) is 11.4 Å². The number of rotatable bonds is 4. The highest BCUT2D eigenvalue weighted by atomic mass is 16.5. The molecule has 0 saturated carbocycles. The van der Waals surface area contributed by atoms with Gasteiger partial charge in [0.05, 0.1) is 6.10 Å². The first kappa shape index (κ1) is 12.2. The van der Waals surface area contributed by atoms with Crippen LogP contribution in [0.25, 0.3) is 11.4 Å². The minimum absolute atomic E-state index is 0.128. The Morgan fingerprint density at radius 1 is 1.61 bits per heavy atom. The lowest BCUT2D eigenvalue weighted by Crippen LogP contribution is -2.30. The van der Waals surface area contributed by atoms with E-state index in [9.17, 15) is 4.79 Å². The Bertz CT molecular complexity index is 524. The summed E-state index contributed by atoms with van der Waals surface area (Å²) >= 11 is 0. The third kappa shape index (κ3) is 2.89. The molecular weight excluding hydrogens is 236 g/mol. The number of amides is 1. The van der Waals surface area contributed by atoms with Crippen LogP contribution in [0.4, 0.5) is 0 Å². The molecule has 0 aromatic carbocycles. The van der Waals surface area contributed by atoms with Gasteiger partial charge >= 0.3 is 11.8 Å². The van der Waals surface area contributed by atoms with E-state index in [1.165, 1.54) is 0 Å². The van der Waals surface area contributed by atoms with Gasteiger partial charge in [0.25, 0.3) is 0 Å². The zero-order chi connectivity index (χ0) is 13.0. The molecule has 0 radical (unpaired) electrons. The summed E-state index contributed by atoms with van der Waals surface area (Å²) < 4.78 is 4.83. The molecule has 2 aromatic heterocycles. The molecule has 1 amide bonds. The fourth-order valence-electron chi connectivity index (χ4n) is 1.24. The van der Waals surface area contributed by atoms with Crippen LogP contribution in [0.5, 0.6) is 0 Å². The number of hydrogen-bond donors (Lipinski definition) is 2. The maximum absolute atomic E-state index is 11.6. The molecule has 0 aliphatic carbocycles. The second-order valence-electron chi connectivity index (χ2n) is 3.72. The highest BCUT2D eigenvalue weighted by molar-refractivity contribution is 5.89. The number of aromatic nitrogens is 3. The van der Waals surface area contributed by atoms with E-state index in [2.05, 4.69) is 20.4 Å². The summed E-state index contributed by atoms with van der Waals surface area (Å²) in [6, 6.07) is 3.49. The van der Waals surface area contributed by atoms with Crippen LogP contribution in [0.1, 0.15) is 17.6 Å². The number of carbonyl (C=O) groups is 1. The van der Waals surface area contributed by atoms with Crippen molar-refractivity contribution < 1.29 is 14.4 Å². The number of hydrogen-bond acceptors (Lipinski definition) is 6. The van der Waals surface area contributed by atoms with Crippen LogP contribution >= 0.6 is 0 Å². The lowest BCUT2D eigenvalue weighted by Gasteiger charge is -2.03. The van der Waals surface area contributed by atoms with Crippen molar-refractivity contribution in [1.82, 2.24) is 20.4 Å². The molecule has 18 heavy (non-hydrogen) atoms. The topological polar surface area (TPSA) is 101 Å². The van der Waals surface area contributed by atoms with Gasteiger partial charge in [0.2, 0.25) is 5.82 Å². The number of nitrogens with zero attached hydrogens (tertiary/aromatic N) is 3. The van der Waals surface area contributed by atoms with Gasteiger partial charge in [-0.3, -0.25) is 9.78 Å². The minimum atomic E-state index is -0.630. The van der Waals surface area contributed by atoms with Crippen molar-refractivity contribution in [3.63, 3.8) is 0 Å². The summed E-state index contributed by atoms with van der Waals surface area (Å²) in [6.45, 7) is 1.69. The zero-order valence-corrected chi connectivity index (χ0v) is 9.70. The van der Waals surface area contributed by atoms with Gasteiger partial charge in [0.1, 0.15) is 0 Å². The molecule has 0 bridgehead atoms. The van der Waals surface area contributed by atoms with Gasteiger partial charge in [0.15, 0.2) is 0 Å². The predicted molar refractivity (Wildman–Crippen MR) is 61.5 cm³/mol. The SMILES string of the molecule is C[C@H](O)CNC(=O)c1nc(-c2cccnc2)no1. The molecule has 0 aliphatic heterocycles. The van der Waals surface area contributed by atoms with Crippen molar-refractivity contribution >= 4 is 5.91 Å². The van der Waals surface area contributed by atoms with Crippen LogP contribution in [-0.4, -0.2) is 38.8 Å². The number of aliphatic hydroxyl groups is 1. The molecule has 7 heteroatoms. The number of nitrogens with one attached hydrogen (secondary N) is 1. The molecule has 2 rings (SSSR count). The molecule has 0 fully saturated rings. The van der Waals surface area contributed by atoms with Crippen LogP contribution in [0.15, 0.2) is 29.0 Å². The maximum Gasteiger partial charge on any atom is 0.316 e. The van der Waals surface area contributed by atoms with Crippen molar-refractivity contribution in [3.05, 3.63) is 30.4 Å². The minimum Gasteiger partial charge on any atom is -0.392 e. The lowest BCUT2D eigenvalue weighted by atomic mass is 10.3. The molecule has 0 unspecified atom stereocenters. The van der Waals surface area contributed by atoms with Gasteiger partial charge in [-0.1, -0.05) is 5.16 Å². The summed E-state index contributed by atoms with van der Waals surface area (Å²) in [5.74, 6) is -0.363. The lowest BCUT2D eigenvalue weighted by molar-refractivity contribution is 0.0880. The summed E-state index contributed by atoms with van der Waals surface area (Å²) in [4.78, 5) is 19.4. The third-order valence-electron chi connectivity index (χ3n) is 2.10. The van der Waals surface area contributed by atoms with Crippen LogP contribution in [0, 0.1) is 0 Å². The first-order valence-corrected chi connectivity index (χ1v) is 5.37. The molecule has 2 N–H and O–H groups in total. The van der Waals surface area contributed by atoms with Crippen molar-refractivity contribution in [2.75, 3.05) is 6.54 Å².